The Labute approximate surface area is 129 Å². The summed E-state index contributed by atoms with van der Waals surface area (Å²) >= 11 is 0. The first-order valence-electron chi connectivity index (χ1n) is 8.11. The number of ether oxygens (including phenoxy) is 2. The van der Waals surface area contributed by atoms with Gasteiger partial charge in [0.1, 0.15) is 5.54 Å². The number of esters is 1. The van der Waals surface area contributed by atoms with Gasteiger partial charge in [-0.3, -0.25) is 4.79 Å². The third-order valence-electron chi connectivity index (χ3n) is 4.06. The van der Waals surface area contributed by atoms with E-state index in [2.05, 4.69) is 24.2 Å². The fraction of sp³-hybridized carbons (Fsp3) is 0.938. The molecule has 1 atom stereocenters. The molecular weight excluding hydrogens is 268 g/mol. The molecule has 0 amide bonds. The van der Waals surface area contributed by atoms with Gasteiger partial charge in [0.2, 0.25) is 0 Å². The quantitative estimate of drug-likeness (QED) is 0.439. The molecule has 0 saturated heterocycles. The van der Waals surface area contributed by atoms with Crippen molar-refractivity contribution in [1.82, 2.24) is 10.2 Å². The number of hydrogen-bond acceptors (Lipinski definition) is 5. The molecule has 0 spiro atoms. The summed E-state index contributed by atoms with van der Waals surface area (Å²) in [5.74, 6) is 0.630. The lowest BCUT2D eigenvalue weighted by atomic mass is 9.97. The second kappa shape index (κ2) is 9.38. The van der Waals surface area contributed by atoms with Gasteiger partial charge in [-0.2, -0.15) is 0 Å². The van der Waals surface area contributed by atoms with Crippen molar-refractivity contribution in [1.29, 1.82) is 0 Å². The van der Waals surface area contributed by atoms with Crippen molar-refractivity contribution in [3.8, 4) is 0 Å². The number of carbonyl (C=O) groups excluding carboxylic acids is 1. The second-order valence-electron chi connectivity index (χ2n) is 6.32. The molecule has 0 radical (unpaired) electrons. The molecule has 5 nitrogen and oxygen atoms in total. The van der Waals surface area contributed by atoms with E-state index in [1.165, 1.54) is 20.0 Å². The Kier molecular flexibility index (Phi) is 8.22. The number of hydrogen-bond donors (Lipinski definition) is 1. The smallest absolute Gasteiger partial charge is 0.325 e. The summed E-state index contributed by atoms with van der Waals surface area (Å²) in [5, 5.41) is 3.31. The van der Waals surface area contributed by atoms with Gasteiger partial charge < -0.3 is 19.7 Å². The van der Waals surface area contributed by atoms with Gasteiger partial charge in [-0.1, -0.05) is 6.92 Å². The summed E-state index contributed by atoms with van der Waals surface area (Å²) < 4.78 is 10.6. The Hall–Kier alpha value is -0.650. The van der Waals surface area contributed by atoms with Crippen molar-refractivity contribution in [2.45, 2.75) is 45.1 Å². The molecule has 1 aliphatic rings. The first-order chi connectivity index (χ1) is 10.0. The molecule has 1 aliphatic carbocycles. The Morgan fingerprint density at radius 1 is 1.38 bits per heavy atom. The average Bonchev–Trinajstić information content (AvgIpc) is 3.30. The van der Waals surface area contributed by atoms with Gasteiger partial charge in [-0.05, 0) is 52.1 Å². The van der Waals surface area contributed by atoms with E-state index in [1.807, 2.05) is 6.92 Å². The van der Waals surface area contributed by atoms with E-state index in [0.29, 0.717) is 0 Å². The van der Waals surface area contributed by atoms with Crippen LogP contribution in [0.25, 0.3) is 0 Å². The minimum atomic E-state index is -0.603. The maximum Gasteiger partial charge on any atom is 0.325 e. The summed E-state index contributed by atoms with van der Waals surface area (Å²) in [6.45, 7) is 8.25. The second-order valence-corrected chi connectivity index (χ2v) is 6.32. The van der Waals surface area contributed by atoms with Crippen LogP contribution >= 0.6 is 0 Å². The van der Waals surface area contributed by atoms with Crippen LogP contribution in [0, 0.1) is 5.92 Å². The molecular formula is C16H32N2O3. The highest BCUT2D eigenvalue weighted by Gasteiger charge is 2.33. The molecule has 0 bridgehead atoms. The zero-order valence-electron chi connectivity index (χ0n) is 14.1. The minimum Gasteiger partial charge on any atom is -0.468 e. The number of nitrogens with zero attached hydrogens (tertiary/aromatic N) is 1. The topological polar surface area (TPSA) is 50.8 Å². The molecule has 1 unspecified atom stereocenters. The van der Waals surface area contributed by atoms with Gasteiger partial charge in [0.25, 0.3) is 0 Å². The molecule has 0 aromatic heterocycles. The van der Waals surface area contributed by atoms with Crippen LogP contribution in [0.1, 0.15) is 39.5 Å². The van der Waals surface area contributed by atoms with Crippen LogP contribution in [0.4, 0.5) is 0 Å². The van der Waals surface area contributed by atoms with Gasteiger partial charge in [0, 0.05) is 19.7 Å². The van der Waals surface area contributed by atoms with Crippen LogP contribution in [-0.2, 0) is 14.3 Å². The predicted octanol–water partition coefficient (Wildman–Crippen LogP) is 1.67. The van der Waals surface area contributed by atoms with Crippen molar-refractivity contribution in [2.75, 3.05) is 47.0 Å². The van der Waals surface area contributed by atoms with Crippen molar-refractivity contribution in [3.05, 3.63) is 0 Å². The van der Waals surface area contributed by atoms with E-state index in [1.54, 1.807) is 0 Å². The van der Waals surface area contributed by atoms with Gasteiger partial charge in [0.15, 0.2) is 0 Å². The van der Waals surface area contributed by atoms with Crippen molar-refractivity contribution in [2.24, 2.45) is 5.92 Å². The molecule has 21 heavy (non-hydrogen) atoms. The van der Waals surface area contributed by atoms with Crippen LogP contribution in [0.2, 0.25) is 0 Å². The number of methoxy groups -OCH3 is 1. The van der Waals surface area contributed by atoms with Crippen molar-refractivity contribution < 1.29 is 14.3 Å². The van der Waals surface area contributed by atoms with E-state index in [9.17, 15) is 4.79 Å². The van der Waals surface area contributed by atoms with Crippen LogP contribution < -0.4 is 5.32 Å². The average molecular weight is 300 g/mol. The monoisotopic (exact) mass is 300 g/mol. The first-order valence-corrected chi connectivity index (χ1v) is 8.11. The zero-order valence-corrected chi connectivity index (χ0v) is 14.1. The number of nitrogens with one attached hydrogen (secondary N) is 1. The summed E-state index contributed by atoms with van der Waals surface area (Å²) in [6.07, 6.45) is 4.39. The highest BCUT2D eigenvalue weighted by Crippen LogP contribution is 2.28. The SMILES string of the molecule is CCCNC(C)(CCN(C)CCOCC1CC1)C(=O)OC. The fourth-order valence-corrected chi connectivity index (χ4v) is 2.17. The van der Waals surface area contributed by atoms with Crippen LogP contribution in [0.5, 0.6) is 0 Å². The summed E-state index contributed by atoms with van der Waals surface area (Å²) in [6, 6.07) is 0. The molecule has 1 fully saturated rings. The molecule has 1 N–H and O–H groups in total. The fourth-order valence-electron chi connectivity index (χ4n) is 2.17. The van der Waals surface area contributed by atoms with E-state index >= 15 is 0 Å². The van der Waals surface area contributed by atoms with E-state index in [-0.39, 0.29) is 5.97 Å². The van der Waals surface area contributed by atoms with E-state index < -0.39 is 5.54 Å². The van der Waals surface area contributed by atoms with Crippen LogP contribution in [0.3, 0.4) is 0 Å². The van der Waals surface area contributed by atoms with Gasteiger partial charge in [0.05, 0.1) is 13.7 Å². The third-order valence-corrected chi connectivity index (χ3v) is 4.06. The Balaban J connectivity index is 2.24. The Morgan fingerprint density at radius 3 is 2.67 bits per heavy atom. The van der Waals surface area contributed by atoms with Crippen LogP contribution in [-0.4, -0.2) is 63.4 Å². The molecule has 0 aromatic rings. The first kappa shape index (κ1) is 18.4. The van der Waals surface area contributed by atoms with Crippen LogP contribution in [0.15, 0.2) is 0 Å². The zero-order chi connectivity index (χ0) is 15.7. The standard InChI is InChI=1S/C16H32N2O3/c1-5-9-17-16(2,15(19)20-4)8-10-18(3)11-12-21-13-14-6-7-14/h14,17H,5-13H2,1-4H3. The van der Waals surface area contributed by atoms with E-state index in [4.69, 9.17) is 9.47 Å². The van der Waals surface area contributed by atoms with Gasteiger partial charge in [-0.15, -0.1) is 0 Å². The largest absolute Gasteiger partial charge is 0.468 e. The predicted molar refractivity (Wildman–Crippen MR) is 84.4 cm³/mol. The number of rotatable bonds is 12. The lowest BCUT2D eigenvalue weighted by Gasteiger charge is -2.30. The number of likely N-dealkylation sites (N-methyl/N-ethyl adjacent to an activating group) is 1. The van der Waals surface area contributed by atoms with Gasteiger partial charge >= 0.3 is 5.97 Å². The normalized spacial score (nSPS) is 17.8. The summed E-state index contributed by atoms with van der Waals surface area (Å²) in [7, 11) is 3.52. The molecule has 0 aromatic carbocycles. The van der Waals surface area contributed by atoms with Crippen molar-refractivity contribution in [3.63, 3.8) is 0 Å². The lowest BCUT2D eigenvalue weighted by molar-refractivity contribution is -0.148. The lowest BCUT2D eigenvalue weighted by Crippen LogP contribution is -2.52. The minimum absolute atomic E-state index is 0.186. The summed E-state index contributed by atoms with van der Waals surface area (Å²) in [4.78, 5) is 14.2. The number of carbonyl (C=O) groups is 1. The molecule has 124 valence electrons. The maximum absolute atomic E-state index is 12.0. The third kappa shape index (κ3) is 7.25. The molecule has 0 aliphatic heterocycles. The highest BCUT2D eigenvalue weighted by molar-refractivity contribution is 5.80. The molecule has 1 rings (SSSR count). The maximum atomic E-state index is 12.0. The Morgan fingerprint density at radius 2 is 2.10 bits per heavy atom. The Bertz CT molecular complexity index is 308. The van der Waals surface area contributed by atoms with E-state index in [0.717, 1.165) is 51.6 Å². The van der Waals surface area contributed by atoms with Crippen molar-refractivity contribution >= 4 is 5.97 Å². The molecule has 0 heterocycles. The highest BCUT2D eigenvalue weighted by atomic mass is 16.5. The molecule has 5 heteroatoms. The summed E-state index contributed by atoms with van der Waals surface area (Å²) in [5.41, 5.74) is -0.603. The molecule has 1 saturated carbocycles. The van der Waals surface area contributed by atoms with Gasteiger partial charge in [-0.25, -0.2) is 0 Å².